The smallest absolute Gasteiger partial charge is 0.263 e. The van der Waals surface area contributed by atoms with Crippen LogP contribution in [0.25, 0.3) is 10.9 Å². The zero-order valence-corrected chi connectivity index (χ0v) is 10.1. The second-order valence-corrected chi connectivity index (χ2v) is 5.96. The maximum Gasteiger partial charge on any atom is 0.263 e. The van der Waals surface area contributed by atoms with Crippen molar-refractivity contribution in [3.8, 4) is 12.3 Å². The molecule has 2 rings (SSSR count). The second kappa shape index (κ2) is 4.06. The molecule has 1 aromatic heterocycles. The van der Waals surface area contributed by atoms with E-state index in [2.05, 4.69) is 5.92 Å². The minimum atomic E-state index is -3.93. The molecule has 0 saturated heterocycles. The molecule has 1 aromatic carbocycles. The molecular weight excluding hydrogens is 265 g/mol. The summed E-state index contributed by atoms with van der Waals surface area (Å²) in [7, 11) is 1.36. The van der Waals surface area contributed by atoms with Crippen LogP contribution in [0, 0.1) is 18.2 Å². The molecule has 0 aliphatic rings. The predicted molar refractivity (Wildman–Crippen MR) is 63.8 cm³/mol. The number of hydrogen-bond donors (Lipinski definition) is 0. The summed E-state index contributed by atoms with van der Waals surface area (Å²) in [5.41, 5.74) is 0.531. The molecular formula is C11H7ClFNO2S. The molecule has 0 radical (unpaired) electrons. The van der Waals surface area contributed by atoms with Gasteiger partial charge in [0.15, 0.2) is 0 Å². The third kappa shape index (κ3) is 2.14. The summed E-state index contributed by atoms with van der Waals surface area (Å²) in [5, 5.41) is 0.232. The molecule has 0 aliphatic carbocycles. The monoisotopic (exact) mass is 271 g/mol. The highest BCUT2D eigenvalue weighted by Gasteiger charge is 2.18. The fraction of sp³-hybridized carbons (Fsp3) is 0.0909. The van der Waals surface area contributed by atoms with Crippen LogP contribution < -0.4 is 0 Å². The number of rotatable bonds is 2. The predicted octanol–water partition coefficient (Wildman–Crippen LogP) is 2.34. The van der Waals surface area contributed by atoms with Crippen molar-refractivity contribution >= 4 is 30.6 Å². The molecule has 0 spiro atoms. The summed E-state index contributed by atoms with van der Waals surface area (Å²) >= 11 is 0. The molecule has 88 valence electrons. The third-order valence-electron chi connectivity index (χ3n) is 2.33. The largest absolute Gasteiger partial charge is 0.334 e. The SMILES string of the molecule is C#CCn1cc(S(=O)(=O)Cl)c2cc(F)ccc21. The first-order valence-electron chi connectivity index (χ1n) is 4.60. The lowest BCUT2D eigenvalue weighted by atomic mass is 10.2. The van der Waals surface area contributed by atoms with Crippen LogP contribution in [0.1, 0.15) is 0 Å². The van der Waals surface area contributed by atoms with Crippen LogP contribution >= 0.6 is 10.7 Å². The van der Waals surface area contributed by atoms with E-state index >= 15 is 0 Å². The molecule has 6 heteroatoms. The van der Waals surface area contributed by atoms with Gasteiger partial charge in [-0.2, -0.15) is 0 Å². The van der Waals surface area contributed by atoms with Crippen molar-refractivity contribution in [2.75, 3.05) is 0 Å². The number of terminal acetylenes is 1. The van der Waals surface area contributed by atoms with Crippen molar-refractivity contribution in [1.29, 1.82) is 0 Å². The summed E-state index contributed by atoms with van der Waals surface area (Å²) in [4.78, 5) is -0.135. The number of aromatic nitrogens is 1. The molecule has 3 nitrogen and oxygen atoms in total. The number of benzene rings is 1. The van der Waals surface area contributed by atoms with Gasteiger partial charge in [-0.1, -0.05) is 5.92 Å². The maximum absolute atomic E-state index is 13.1. The molecule has 0 unspecified atom stereocenters. The van der Waals surface area contributed by atoms with Crippen LogP contribution in [-0.4, -0.2) is 13.0 Å². The summed E-state index contributed by atoms with van der Waals surface area (Å²) in [6.45, 7) is 0.189. The average molecular weight is 272 g/mol. The number of halogens is 2. The van der Waals surface area contributed by atoms with Gasteiger partial charge in [-0.3, -0.25) is 0 Å². The Morgan fingerprint density at radius 3 is 2.76 bits per heavy atom. The molecule has 0 atom stereocenters. The summed E-state index contributed by atoms with van der Waals surface area (Å²) < 4.78 is 37.4. The van der Waals surface area contributed by atoms with E-state index in [1.165, 1.54) is 22.9 Å². The van der Waals surface area contributed by atoms with Gasteiger partial charge in [0.25, 0.3) is 9.05 Å². The highest BCUT2D eigenvalue weighted by Crippen LogP contribution is 2.28. The average Bonchev–Trinajstić information content (AvgIpc) is 2.56. The molecule has 0 fully saturated rings. The minimum absolute atomic E-state index is 0.135. The Morgan fingerprint density at radius 2 is 2.18 bits per heavy atom. The van der Waals surface area contributed by atoms with E-state index in [0.29, 0.717) is 5.52 Å². The first kappa shape index (κ1) is 12.0. The van der Waals surface area contributed by atoms with Gasteiger partial charge in [0.05, 0.1) is 12.1 Å². The van der Waals surface area contributed by atoms with E-state index in [9.17, 15) is 12.8 Å². The Hall–Kier alpha value is -1.51. The normalized spacial score (nSPS) is 11.6. The maximum atomic E-state index is 13.1. The number of fused-ring (bicyclic) bond motifs is 1. The van der Waals surface area contributed by atoms with Crippen molar-refractivity contribution in [1.82, 2.24) is 4.57 Å². The lowest BCUT2D eigenvalue weighted by molar-refractivity contribution is 0.610. The molecule has 2 aromatic rings. The van der Waals surface area contributed by atoms with E-state index in [1.807, 2.05) is 0 Å². The van der Waals surface area contributed by atoms with Crippen molar-refractivity contribution in [2.45, 2.75) is 11.4 Å². The van der Waals surface area contributed by atoms with Gasteiger partial charge in [0, 0.05) is 22.3 Å². The first-order valence-corrected chi connectivity index (χ1v) is 6.91. The van der Waals surface area contributed by atoms with Gasteiger partial charge in [-0.25, -0.2) is 12.8 Å². The van der Waals surface area contributed by atoms with Crippen LogP contribution in [0.15, 0.2) is 29.3 Å². The van der Waals surface area contributed by atoms with Gasteiger partial charge in [0.2, 0.25) is 0 Å². The van der Waals surface area contributed by atoms with Crippen LogP contribution in [0.2, 0.25) is 0 Å². The third-order valence-corrected chi connectivity index (χ3v) is 3.68. The Balaban J connectivity index is 2.86. The lowest BCUT2D eigenvalue weighted by Gasteiger charge is -1.98. The number of hydrogen-bond acceptors (Lipinski definition) is 2. The molecule has 17 heavy (non-hydrogen) atoms. The quantitative estimate of drug-likeness (QED) is 0.621. The highest BCUT2D eigenvalue weighted by atomic mass is 35.7. The standard InChI is InChI=1S/C11H7ClFNO2S/c1-2-5-14-7-11(17(12,15)16)9-6-8(13)3-4-10(9)14/h1,3-4,6-7H,5H2. The Bertz CT molecular complexity index is 728. The Morgan fingerprint density at radius 1 is 1.47 bits per heavy atom. The summed E-state index contributed by atoms with van der Waals surface area (Å²) in [5.74, 6) is 1.86. The van der Waals surface area contributed by atoms with Crippen LogP contribution in [0.5, 0.6) is 0 Å². The van der Waals surface area contributed by atoms with E-state index in [0.717, 1.165) is 6.07 Å². The summed E-state index contributed by atoms with van der Waals surface area (Å²) in [6, 6.07) is 3.82. The molecule has 1 heterocycles. The Kier molecular flexibility index (Phi) is 2.86. The fourth-order valence-corrected chi connectivity index (χ4v) is 2.71. The minimum Gasteiger partial charge on any atom is -0.334 e. The van der Waals surface area contributed by atoms with Crippen molar-refractivity contribution < 1.29 is 12.8 Å². The highest BCUT2D eigenvalue weighted by molar-refractivity contribution is 8.14. The second-order valence-electron chi connectivity index (χ2n) is 3.42. The molecule has 0 aliphatic heterocycles. The van der Waals surface area contributed by atoms with Crippen LogP contribution in [0.4, 0.5) is 4.39 Å². The van der Waals surface area contributed by atoms with E-state index in [1.54, 1.807) is 0 Å². The van der Waals surface area contributed by atoms with Crippen LogP contribution in [0.3, 0.4) is 0 Å². The Labute approximate surface area is 102 Å². The number of nitrogens with zero attached hydrogens (tertiary/aromatic N) is 1. The summed E-state index contributed by atoms with van der Waals surface area (Å²) in [6.07, 6.45) is 6.48. The van der Waals surface area contributed by atoms with Crippen LogP contribution in [-0.2, 0) is 15.6 Å². The molecule has 0 saturated carbocycles. The first-order chi connectivity index (χ1) is 7.93. The van der Waals surface area contributed by atoms with Gasteiger partial charge in [0.1, 0.15) is 10.7 Å². The lowest BCUT2D eigenvalue weighted by Crippen LogP contribution is -1.92. The van der Waals surface area contributed by atoms with E-state index < -0.39 is 14.9 Å². The van der Waals surface area contributed by atoms with Crippen molar-refractivity contribution in [3.05, 3.63) is 30.2 Å². The van der Waals surface area contributed by atoms with Crippen molar-refractivity contribution in [3.63, 3.8) is 0 Å². The molecule has 0 bridgehead atoms. The van der Waals surface area contributed by atoms with Crippen molar-refractivity contribution in [2.24, 2.45) is 0 Å². The van der Waals surface area contributed by atoms with Gasteiger partial charge < -0.3 is 4.57 Å². The topological polar surface area (TPSA) is 39.1 Å². The molecule has 0 N–H and O–H groups in total. The van der Waals surface area contributed by atoms with Gasteiger partial charge >= 0.3 is 0 Å². The molecule has 0 amide bonds. The van der Waals surface area contributed by atoms with Gasteiger partial charge in [-0.15, -0.1) is 6.42 Å². The van der Waals surface area contributed by atoms with E-state index in [-0.39, 0.29) is 16.8 Å². The van der Waals surface area contributed by atoms with E-state index in [4.69, 9.17) is 17.1 Å². The van der Waals surface area contributed by atoms with Gasteiger partial charge in [-0.05, 0) is 18.2 Å². The fourth-order valence-electron chi connectivity index (χ4n) is 1.66. The zero-order chi connectivity index (χ0) is 12.6. The zero-order valence-electron chi connectivity index (χ0n) is 8.52.